The molecule has 0 N–H and O–H groups in total. The topological polar surface area (TPSA) is 20.3 Å². The minimum atomic E-state index is -0.0113. The van der Waals surface area contributed by atoms with E-state index < -0.39 is 0 Å². The molecule has 19 heavy (non-hydrogen) atoms. The van der Waals surface area contributed by atoms with Gasteiger partial charge in [-0.05, 0) is 31.0 Å². The summed E-state index contributed by atoms with van der Waals surface area (Å²) in [4.78, 5) is 13.7. The van der Waals surface area contributed by atoms with Crippen LogP contribution in [-0.2, 0) is 4.79 Å². The molecule has 1 rings (SSSR count). The first kappa shape index (κ1) is 16.0. The number of rotatable bonds is 8. The van der Waals surface area contributed by atoms with E-state index in [1.54, 1.807) is 0 Å². The molecule has 0 bridgehead atoms. The SMILES string of the molecule is CCCCCCCN(C(=O)CCl)c1cccc(C)c1. The first-order valence-corrected chi connectivity index (χ1v) is 7.65. The average Bonchev–Trinajstić information content (AvgIpc) is 2.42. The summed E-state index contributed by atoms with van der Waals surface area (Å²) in [6.07, 6.45) is 5.96. The third-order valence-electron chi connectivity index (χ3n) is 3.21. The number of carbonyl (C=O) groups is 1. The third kappa shape index (κ3) is 5.65. The maximum Gasteiger partial charge on any atom is 0.241 e. The predicted octanol–water partition coefficient (Wildman–Crippen LogP) is 4.54. The number of unbranched alkanes of at least 4 members (excludes halogenated alkanes) is 4. The van der Waals surface area contributed by atoms with Gasteiger partial charge >= 0.3 is 0 Å². The summed E-state index contributed by atoms with van der Waals surface area (Å²) in [5.41, 5.74) is 2.12. The monoisotopic (exact) mass is 281 g/mol. The van der Waals surface area contributed by atoms with Crippen LogP contribution in [0, 0.1) is 6.92 Å². The van der Waals surface area contributed by atoms with Crippen molar-refractivity contribution in [1.82, 2.24) is 0 Å². The number of alkyl halides is 1. The second kappa shape index (κ2) is 8.98. The van der Waals surface area contributed by atoms with E-state index in [4.69, 9.17) is 11.6 Å². The zero-order chi connectivity index (χ0) is 14.1. The van der Waals surface area contributed by atoms with Gasteiger partial charge in [-0.3, -0.25) is 4.79 Å². The van der Waals surface area contributed by atoms with Gasteiger partial charge in [0.15, 0.2) is 0 Å². The maximum atomic E-state index is 11.9. The Bertz CT molecular complexity index is 392. The Kier molecular flexibility index (Phi) is 7.57. The summed E-state index contributed by atoms with van der Waals surface area (Å²) in [6.45, 7) is 5.00. The summed E-state index contributed by atoms with van der Waals surface area (Å²) in [5, 5.41) is 0. The highest BCUT2D eigenvalue weighted by Gasteiger charge is 2.14. The van der Waals surface area contributed by atoms with Gasteiger partial charge in [0, 0.05) is 12.2 Å². The molecule has 2 nitrogen and oxygen atoms in total. The Hall–Kier alpha value is -1.02. The Balaban J connectivity index is 2.60. The lowest BCUT2D eigenvalue weighted by Gasteiger charge is -2.22. The summed E-state index contributed by atoms with van der Waals surface area (Å²) < 4.78 is 0. The second-order valence-electron chi connectivity index (χ2n) is 4.93. The van der Waals surface area contributed by atoms with Crippen molar-refractivity contribution in [3.05, 3.63) is 29.8 Å². The Morgan fingerprint density at radius 1 is 1.21 bits per heavy atom. The van der Waals surface area contributed by atoms with Gasteiger partial charge in [-0.15, -0.1) is 11.6 Å². The van der Waals surface area contributed by atoms with Crippen molar-refractivity contribution < 1.29 is 4.79 Å². The molecule has 1 aromatic rings. The van der Waals surface area contributed by atoms with E-state index >= 15 is 0 Å². The van der Waals surface area contributed by atoms with E-state index in [9.17, 15) is 4.79 Å². The van der Waals surface area contributed by atoms with Crippen molar-refractivity contribution in [2.75, 3.05) is 17.3 Å². The highest BCUT2D eigenvalue weighted by Crippen LogP contribution is 2.17. The average molecular weight is 282 g/mol. The van der Waals surface area contributed by atoms with Gasteiger partial charge in [0.2, 0.25) is 5.91 Å². The largest absolute Gasteiger partial charge is 0.311 e. The summed E-state index contributed by atoms with van der Waals surface area (Å²) in [6, 6.07) is 8.03. The van der Waals surface area contributed by atoms with Crippen LogP contribution in [0.3, 0.4) is 0 Å². The minimum absolute atomic E-state index is 0.0113. The molecule has 0 aromatic heterocycles. The molecule has 0 radical (unpaired) electrons. The number of amides is 1. The molecule has 106 valence electrons. The van der Waals surface area contributed by atoms with E-state index in [-0.39, 0.29) is 11.8 Å². The number of hydrogen-bond donors (Lipinski definition) is 0. The van der Waals surface area contributed by atoms with Crippen LogP contribution in [0.5, 0.6) is 0 Å². The first-order valence-electron chi connectivity index (χ1n) is 7.12. The molecule has 0 fully saturated rings. The highest BCUT2D eigenvalue weighted by atomic mass is 35.5. The van der Waals surface area contributed by atoms with Crippen LogP contribution in [-0.4, -0.2) is 18.3 Å². The van der Waals surface area contributed by atoms with Crippen LogP contribution in [0.1, 0.15) is 44.6 Å². The fourth-order valence-corrected chi connectivity index (χ4v) is 2.28. The smallest absolute Gasteiger partial charge is 0.241 e. The molecule has 0 aliphatic rings. The number of carbonyl (C=O) groups excluding carboxylic acids is 1. The predicted molar refractivity (Wildman–Crippen MR) is 83.0 cm³/mol. The molecule has 0 unspecified atom stereocenters. The van der Waals surface area contributed by atoms with Crippen molar-refractivity contribution >= 4 is 23.2 Å². The number of nitrogens with zero attached hydrogens (tertiary/aromatic N) is 1. The third-order valence-corrected chi connectivity index (χ3v) is 3.44. The molecule has 0 heterocycles. The molecule has 0 saturated heterocycles. The fraction of sp³-hybridized carbons (Fsp3) is 0.562. The molecule has 0 aliphatic heterocycles. The summed E-state index contributed by atoms with van der Waals surface area (Å²) >= 11 is 5.71. The number of benzene rings is 1. The van der Waals surface area contributed by atoms with Crippen molar-refractivity contribution in [3.8, 4) is 0 Å². The van der Waals surface area contributed by atoms with Crippen LogP contribution in [0.15, 0.2) is 24.3 Å². The van der Waals surface area contributed by atoms with E-state index in [2.05, 4.69) is 6.92 Å². The van der Waals surface area contributed by atoms with Crippen molar-refractivity contribution in [1.29, 1.82) is 0 Å². The molecule has 1 aromatic carbocycles. The highest BCUT2D eigenvalue weighted by molar-refractivity contribution is 6.29. The van der Waals surface area contributed by atoms with Gasteiger partial charge < -0.3 is 4.90 Å². The maximum absolute atomic E-state index is 11.9. The standard InChI is InChI=1S/C16H24ClNO/c1-3-4-5-6-7-11-18(16(19)13-17)15-10-8-9-14(2)12-15/h8-10,12H,3-7,11,13H2,1-2H3. The molecular weight excluding hydrogens is 258 g/mol. The van der Waals surface area contributed by atoms with Crippen molar-refractivity contribution in [3.63, 3.8) is 0 Å². The second-order valence-corrected chi connectivity index (χ2v) is 5.20. The van der Waals surface area contributed by atoms with E-state index in [1.807, 2.05) is 36.1 Å². The molecule has 1 amide bonds. The number of aryl methyl sites for hydroxylation is 1. The number of hydrogen-bond acceptors (Lipinski definition) is 1. The minimum Gasteiger partial charge on any atom is -0.311 e. The van der Waals surface area contributed by atoms with E-state index in [0.29, 0.717) is 0 Å². The summed E-state index contributed by atoms with van der Waals surface area (Å²) in [7, 11) is 0. The molecule has 0 spiro atoms. The number of anilines is 1. The zero-order valence-corrected chi connectivity index (χ0v) is 12.7. The van der Waals surface area contributed by atoms with Crippen LogP contribution in [0.4, 0.5) is 5.69 Å². The van der Waals surface area contributed by atoms with Crippen LogP contribution < -0.4 is 4.90 Å². The van der Waals surface area contributed by atoms with Crippen molar-refractivity contribution in [2.24, 2.45) is 0 Å². The molecular formula is C16H24ClNO. The van der Waals surface area contributed by atoms with Gasteiger partial charge in [-0.2, -0.15) is 0 Å². The van der Waals surface area contributed by atoms with Gasteiger partial charge in [0.1, 0.15) is 5.88 Å². The normalized spacial score (nSPS) is 10.5. The lowest BCUT2D eigenvalue weighted by Crippen LogP contribution is -2.32. The lowest BCUT2D eigenvalue weighted by molar-refractivity contribution is -0.116. The molecule has 0 saturated carbocycles. The molecule has 0 aliphatic carbocycles. The molecule has 3 heteroatoms. The Morgan fingerprint density at radius 2 is 1.95 bits per heavy atom. The zero-order valence-electron chi connectivity index (χ0n) is 12.0. The quantitative estimate of drug-likeness (QED) is 0.506. The van der Waals surface area contributed by atoms with Crippen LogP contribution in [0.2, 0.25) is 0 Å². The van der Waals surface area contributed by atoms with Crippen LogP contribution >= 0.6 is 11.6 Å². The summed E-state index contributed by atoms with van der Waals surface area (Å²) in [5.74, 6) is 0.0332. The van der Waals surface area contributed by atoms with E-state index in [0.717, 1.165) is 24.2 Å². The Labute approximate surface area is 121 Å². The fourth-order valence-electron chi connectivity index (χ4n) is 2.14. The van der Waals surface area contributed by atoms with Gasteiger partial charge in [-0.1, -0.05) is 44.7 Å². The first-order chi connectivity index (χ1) is 9.19. The van der Waals surface area contributed by atoms with E-state index in [1.165, 1.54) is 25.7 Å². The Morgan fingerprint density at radius 3 is 2.58 bits per heavy atom. The number of halogens is 1. The van der Waals surface area contributed by atoms with Gasteiger partial charge in [0.25, 0.3) is 0 Å². The lowest BCUT2D eigenvalue weighted by atomic mass is 10.1. The van der Waals surface area contributed by atoms with Gasteiger partial charge in [0.05, 0.1) is 0 Å². The molecule has 0 atom stereocenters. The van der Waals surface area contributed by atoms with Gasteiger partial charge in [-0.25, -0.2) is 0 Å². The van der Waals surface area contributed by atoms with Crippen molar-refractivity contribution in [2.45, 2.75) is 46.0 Å². The van der Waals surface area contributed by atoms with Crippen LogP contribution in [0.25, 0.3) is 0 Å².